The maximum absolute atomic E-state index is 7.65. The molecule has 1 rings (SSSR count). The van der Waals surface area contributed by atoms with Gasteiger partial charge < -0.3 is 11.1 Å². The van der Waals surface area contributed by atoms with E-state index in [-0.39, 0.29) is 5.54 Å². The number of nitrogens with two attached hydrogens (primary N) is 1. The molecule has 2 heteroatoms. The lowest BCUT2D eigenvalue weighted by molar-refractivity contribution is 0.237. The van der Waals surface area contributed by atoms with Crippen molar-refractivity contribution in [2.45, 2.75) is 39.2 Å². The second-order valence-corrected chi connectivity index (χ2v) is 4.11. The SMILES string of the molecule is CC1C(=N)CCC(C)(N)C1C. The predicted octanol–water partition coefficient (Wildman–Crippen LogP) is 1.79. The highest BCUT2D eigenvalue weighted by molar-refractivity contribution is 5.84. The monoisotopic (exact) mass is 154 g/mol. The molecule has 0 bridgehead atoms. The van der Waals surface area contributed by atoms with E-state index in [0.29, 0.717) is 11.8 Å². The fourth-order valence-corrected chi connectivity index (χ4v) is 1.73. The van der Waals surface area contributed by atoms with Gasteiger partial charge in [-0.05, 0) is 31.6 Å². The smallest absolute Gasteiger partial charge is 0.0161 e. The fourth-order valence-electron chi connectivity index (χ4n) is 1.73. The molecule has 0 spiro atoms. The molecule has 0 saturated heterocycles. The summed E-state index contributed by atoms with van der Waals surface area (Å²) in [4.78, 5) is 0. The van der Waals surface area contributed by atoms with Crippen LogP contribution in [0.3, 0.4) is 0 Å². The second-order valence-electron chi connectivity index (χ2n) is 4.11. The summed E-state index contributed by atoms with van der Waals surface area (Å²) in [5, 5.41) is 7.65. The molecule has 1 saturated carbocycles. The molecule has 0 heterocycles. The minimum atomic E-state index is -0.0516. The largest absolute Gasteiger partial charge is 0.325 e. The van der Waals surface area contributed by atoms with Gasteiger partial charge in [0.05, 0.1) is 0 Å². The zero-order valence-corrected chi connectivity index (χ0v) is 7.65. The van der Waals surface area contributed by atoms with E-state index in [9.17, 15) is 0 Å². The molecule has 3 unspecified atom stereocenters. The molecule has 0 aromatic rings. The Morgan fingerprint density at radius 2 is 2.09 bits per heavy atom. The van der Waals surface area contributed by atoms with E-state index >= 15 is 0 Å². The second kappa shape index (κ2) is 2.59. The third-order valence-electron chi connectivity index (χ3n) is 3.27. The molecule has 1 aliphatic carbocycles. The molecule has 3 atom stereocenters. The maximum atomic E-state index is 7.65. The van der Waals surface area contributed by atoms with E-state index in [1.54, 1.807) is 0 Å². The zero-order chi connectivity index (χ0) is 8.65. The van der Waals surface area contributed by atoms with E-state index < -0.39 is 0 Å². The minimum absolute atomic E-state index is 0.0516. The van der Waals surface area contributed by atoms with Crippen LogP contribution in [0.2, 0.25) is 0 Å². The summed E-state index contributed by atoms with van der Waals surface area (Å²) in [5.74, 6) is 0.822. The first-order valence-corrected chi connectivity index (χ1v) is 4.31. The zero-order valence-electron chi connectivity index (χ0n) is 7.65. The van der Waals surface area contributed by atoms with Crippen molar-refractivity contribution in [2.24, 2.45) is 17.6 Å². The first kappa shape index (κ1) is 8.72. The Hall–Kier alpha value is -0.370. The van der Waals surface area contributed by atoms with Gasteiger partial charge in [-0.3, -0.25) is 0 Å². The van der Waals surface area contributed by atoms with Gasteiger partial charge in [0, 0.05) is 11.3 Å². The summed E-state index contributed by atoms with van der Waals surface area (Å²) in [6, 6.07) is 0. The van der Waals surface area contributed by atoms with Crippen molar-refractivity contribution < 1.29 is 0 Å². The normalized spacial score (nSPS) is 46.0. The van der Waals surface area contributed by atoms with Gasteiger partial charge in [-0.1, -0.05) is 13.8 Å². The van der Waals surface area contributed by atoms with Crippen LogP contribution in [0.5, 0.6) is 0 Å². The van der Waals surface area contributed by atoms with Gasteiger partial charge in [0.1, 0.15) is 0 Å². The van der Waals surface area contributed by atoms with E-state index in [2.05, 4.69) is 20.8 Å². The molecular weight excluding hydrogens is 136 g/mol. The van der Waals surface area contributed by atoms with E-state index in [4.69, 9.17) is 11.1 Å². The van der Waals surface area contributed by atoms with Gasteiger partial charge in [0.15, 0.2) is 0 Å². The summed E-state index contributed by atoms with van der Waals surface area (Å²) in [5.41, 5.74) is 6.90. The lowest BCUT2D eigenvalue weighted by Crippen LogP contribution is -2.50. The van der Waals surface area contributed by atoms with Crippen LogP contribution in [-0.4, -0.2) is 11.3 Å². The van der Waals surface area contributed by atoms with Crippen molar-refractivity contribution in [2.75, 3.05) is 0 Å². The van der Waals surface area contributed by atoms with Crippen LogP contribution in [0.1, 0.15) is 33.6 Å². The highest BCUT2D eigenvalue weighted by Gasteiger charge is 2.36. The van der Waals surface area contributed by atoms with E-state index in [0.717, 1.165) is 18.6 Å². The summed E-state index contributed by atoms with van der Waals surface area (Å²) in [6.07, 6.45) is 1.86. The van der Waals surface area contributed by atoms with Crippen LogP contribution >= 0.6 is 0 Å². The highest BCUT2D eigenvalue weighted by atomic mass is 14.8. The topological polar surface area (TPSA) is 49.9 Å². The van der Waals surface area contributed by atoms with Crippen LogP contribution in [0.25, 0.3) is 0 Å². The quantitative estimate of drug-likeness (QED) is 0.549. The number of nitrogens with one attached hydrogen (secondary N) is 1. The van der Waals surface area contributed by atoms with Gasteiger partial charge in [-0.25, -0.2) is 0 Å². The Morgan fingerprint density at radius 3 is 2.55 bits per heavy atom. The van der Waals surface area contributed by atoms with Crippen molar-refractivity contribution >= 4 is 5.71 Å². The first-order valence-electron chi connectivity index (χ1n) is 4.31. The van der Waals surface area contributed by atoms with Crippen molar-refractivity contribution in [3.63, 3.8) is 0 Å². The Bertz CT molecular complexity index is 172. The predicted molar refractivity (Wildman–Crippen MR) is 47.9 cm³/mol. The van der Waals surface area contributed by atoms with Gasteiger partial charge >= 0.3 is 0 Å². The summed E-state index contributed by atoms with van der Waals surface area (Å²) < 4.78 is 0. The van der Waals surface area contributed by atoms with Crippen LogP contribution in [0, 0.1) is 17.2 Å². The molecule has 0 aliphatic heterocycles. The third kappa shape index (κ3) is 1.45. The minimum Gasteiger partial charge on any atom is -0.325 e. The Morgan fingerprint density at radius 1 is 1.55 bits per heavy atom. The molecule has 3 N–H and O–H groups in total. The number of rotatable bonds is 0. The van der Waals surface area contributed by atoms with E-state index in [1.165, 1.54) is 0 Å². The molecule has 64 valence electrons. The molecule has 0 aromatic heterocycles. The van der Waals surface area contributed by atoms with Gasteiger partial charge in [0.2, 0.25) is 0 Å². The van der Waals surface area contributed by atoms with Crippen molar-refractivity contribution in [1.82, 2.24) is 0 Å². The highest BCUT2D eigenvalue weighted by Crippen LogP contribution is 2.33. The molecule has 11 heavy (non-hydrogen) atoms. The van der Waals surface area contributed by atoms with Crippen LogP contribution in [0.15, 0.2) is 0 Å². The Balaban J connectivity index is 2.75. The average Bonchev–Trinajstić information content (AvgIpc) is 1.95. The standard InChI is InChI=1S/C9H18N2/c1-6-7(2)9(3,11)5-4-8(6)10/h6-7,10H,4-5,11H2,1-3H3. The van der Waals surface area contributed by atoms with Gasteiger partial charge in [0.25, 0.3) is 0 Å². The molecule has 0 aromatic carbocycles. The van der Waals surface area contributed by atoms with E-state index in [1.807, 2.05) is 0 Å². The van der Waals surface area contributed by atoms with Crippen molar-refractivity contribution in [3.8, 4) is 0 Å². The first-order chi connectivity index (χ1) is 4.95. The lowest BCUT2D eigenvalue weighted by Gasteiger charge is -2.40. The summed E-state index contributed by atoms with van der Waals surface area (Å²) in [6.45, 7) is 6.36. The van der Waals surface area contributed by atoms with Crippen molar-refractivity contribution in [1.29, 1.82) is 5.41 Å². The third-order valence-corrected chi connectivity index (χ3v) is 3.27. The fraction of sp³-hybridized carbons (Fsp3) is 0.889. The Labute approximate surface area is 68.7 Å². The lowest BCUT2D eigenvalue weighted by atomic mass is 9.69. The van der Waals surface area contributed by atoms with Gasteiger partial charge in [-0.15, -0.1) is 0 Å². The maximum Gasteiger partial charge on any atom is 0.0161 e. The summed E-state index contributed by atoms with van der Waals surface area (Å²) >= 11 is 0. The van der Waals surface area contributed by atoms with Crippen molar-refractivity contribution in [3.05, 3.63) is 0 Å². The van der Waals surface area contributed by atoms with Crippen LogP contribution < -0.4 is 5.73 Å². The molecule has 0 radical (unpaired) electrons. The Kier molecular flexibility index (Phi) is 2.06. The summed E-state index contributed by atoms with van der Waals surface area (Å²) in [7, 11) is 0. The molecule has 0 amide bonds. The molecule has 1 aliphatic rings. The molecular formula is C9H18N2. The van der Waals surface area contributed by atoms with Crippen LogP contribution in [-0.2, 0) is 0 Å². The molecule has 1 fully saturated rings. The van der Waals surface area contributed by atoms with Crippen LogP contribution in [0.4, 0.5) is 0 Å². The number of hydrogen-bond donors (Lipinski definition) is 2. The molecule has 2 nitrogen and oxygen atoms in total. The average molecular weight is 154 g/mol. The number of hydrogen-bond acceptors (Lipinski definition) is 2. The van der Waals surface area contributed by atoms with Gasteiger partial charge in [-0.2, -0.15) is 0 Å².